The summed E-state index contributed by atoms with van der Waals surface area (Å²) >= 11 is 0. The molecule has 1 atom stereocenters. The van der Waals surface area contributed by atoms with Crippen LogP contribution in [0.1, 0.15) is 56.3 Å². The van der Waals surface area contributed by atoms with Crippen LogP contribution in [0.3, 0.4) is 0 Å². The summed E-state index contributed by atoms with van der Waals surface area (Å²) in [6.07, 6.45) is 5.27. The number of aryl methyl sites for hydroxylation is 1. The van der Waals surface area contributed by atoms with Gasteiger partial charge in [-0.2, -0.15) is 5.10 Å². The van der Waals surface area contributed by atoms with Crippen molar-refractivity contribution in [3.63, 3.8) is 0 Å². The van der Waals surface area contributed by atoms with Gasteiger partial charge < -0.3 is 4.84 Å². The normalized spacial score (nSPS) is 23.7. The van der Waals surface area contributed by atoms with Crippen molar-refractivity contribution in [1.82, 2.24) is 15.2 Å². The van der Waals surface area contributed by atoms with Crippen LogP contribution >= 0.6 is 0 Å². The van der Waals surface area contributed by atoms with Crippen LogP contribution in [0.25, 0.3) is 10.9 Å². The summed E-state index contributed by atoms with van der Waals surface area (Å²) in [6.45, 7) is 3.74. The number of nitrogens with zero attached hydrogens (tertiary/aromatic N) is 3. The monoisotopic (exact) mass is 341 g/mol. The predicted molar refractivity (Wildman–Crippen MR) is 94.9 cm³/mol. The van der Waals surface area contributed by atoms with Gasteiger partial charge in [0.15, 0.2) is 0 Å². The molecule has 0 radical (unpaired) electrons. The number of carbonyl (C=O) groups is 1. The molecular formula is C18H23N5O2. The standard InChI is InChI=1S/C18H23N5O2/c1-11-14-8-7-12(15-10-18(2,25-22-15)17(24)20-19)9-16(14)23(21-11)13-5-3-4-6-13/h7-9,13H,3-6,10,19H2,1-2H3,(H,20,24). The van der Waals surface area contributed by atoms with Crippen LogP contribution in [0, 0.1) is 6.92 Å². The van der Waals surface area contributed by atoms with Gasteiger partial charge in [-0.05, 0) is 32.8 Å². The summed E-state index contributed by atoms with van der Waals surface area (Å²) in [5, 5.41) is 10.1. The smallest absolute Gasteiger partial charge is 0.281 e. The zero-order valence-electron chi connectivity index (χ0n) is 14.6. The number of oxime groups is 1. The number of amides is 1. The fourth-order valence-electron chi connectivity index (χ4n) is 3.87. The highest BCUT2D eigenvalue weighted by Gasteiger charge is 2.42. The number of hydrogen-bond acceptors (Lipinski definition) is 5. The molecule has 1 amide bonds. The topological polar surface area (TPSA) is 94.5 Å². The van der Waals surface area contributed by atoms with Gasteiger partial charge in [-0.15, -0.1) is 0 Å². The number of hydrazine groups is 1. The van der Waals surface area contributed by atoms with Crippen LogP contribution in [0.15, 0.2) is 23.4 Å². The summed E-state index contributed by atoms with van der Waals surface area (Å²) in [4.78, 5) is 17.3. The Bertz CT molecular complexity index is 866. The molecule has 2 heterocycles. The minimum Gasteiger partial charge on any atom is -0.379 e. The summed E-state index contributed by atoms with van der Waals surface area (Å²) in [5.41, 5.74) is 4.98. The van der Waals surface area contributed by atoms with Gasteiger partial charge in [-0.1, -0.05) is 30.1 Å². The van der Waals surface area contributed by atoms with Gasteiger partial charge in [0, 0.05) is 17.4 Å². The van der Waals surface area contributed by atoms with Crippen molar-refractivity contribution in [1.29, 1.82) is 0 Å². The van der Waals surface area contributed by atoms with E-state index in [1.165, 1.54) is 25.7 Å². The molecule has 1 unspecified atom stereocenters. The lowest BCUT2D eigenvalue weighted by atomic mass is 9.95. The Balaban J connectivity index is 1.70. The Morgan fingerprint density at radius 2 is 2.16 bits per heavy atom. The molecule has 1 fully saturated rings. The molecule has 1 aliphatic carbocycles. The molecule has 2 aliphatic rings. The van der Waals surface area contributed by atoms with Crippen LogP contribution in [0.5, 0.6) is 0 Å². The van der Waals surface area contributed by atoms with E-state index >= 15 is 0 Å². The third kappa shape index (κ3) is 2.59. The zero-order chi connectivity index (χ0) is 17.6. The lowest BCUT2D eigenvalue weighted by molar-refractivity contribution is -0.141. The predicted octanol–water partition coefficient (Wildman–Crippen LogP) is 2.33. The number of benzene rings is 1. The highest BCUT2D eigenvalue weighted by atomic mass is 16.7. The molecule has 0 bridgehead atoms. The maximum Gasteiger partial charge on any atom is 0.281 e. The minimum atomic E-state index is -1.05. The lowest BCUT2D eigenvalue weighted by Gasteiger charge is -2.18. The van der Waals surface area contributed by atoms with E-state index in [4.69, 9.17) is 15.8 Å². The van der Waals surface area contributed by atoms with Crippen molar-refractivity contribution in [2.24, 2.45) is 11.0 Å². The van der Waals surface area contributed by atoms with Crippen LogP contribution in [-0.2, 0) is 9.63 Å². The van der Waals surface area contributed by atoms with Crippen LogP contribution in [-0.4, -0.2) is 27.0 Å². The largest absolute Gasteiger partial charge is 0.379 e. The van der Waals surface area contributed by atoms with Gasteiger partial charge in [0.25, 0.3) is 5.91 Å². The third-order valence-electron chi connectivity index (χ3n) is 5.37. The molecule has 1 saturated carbocycles. The van der Waals surface area contributed by atoms with E-state index < -0.39 is 5.60 Å². The first-order chi connectivity index (χ1) is 12.0. The minimum absolute atomic E-state index is 0.376. The number of carbonyl (C=O) groups excluding carboxylic acids is 1. The third-order valence-corrected chi connectivity index (χ3v) is 5.37. The van der Waals surface area contributed by atoms with Gasteiger partial charge in [-0.25, -0.2) is 5.84 Å². The number of fused-ring (bicyclic) bond motifs is 1. The van der Waals surface area contributed by atoms with Gasteiger partial charge in [0.1, 0.15) is 0 Å². The Kier molecular flexibility index (Phi) is 3.76. The number of hydrogen-bond donors (Lipinski definition) is 2. The Morgan fingerprint density at radius 1 is 1.40 bits per heavy atom. The van der Waals surface area contributed by atoms with Crippen LogP contribution < -0.4 is 11.3 Å². The van der Waals surface area contributed by atoms with Gasteiger partial charge >= 0.3 is 0 Å². The van der Waals surface area contributed by atoms with Crippen LogP contribution in [0.4, 0.5) is 0 Å². The molecule has 7 heteroatoms. The van der Waals surface area contributed by atoms with E-state index in [9.17, 15) is 4.79 Å². The SMILES string of the molecule is Cc1nn(C2CCCC2)c2cc(C3=NOC(C)(C(=O)NN)C3)ccc12. The summed E-state index contributed by atoms with van der Waals surface area (Å²) < 4.78 is 2.17. The highest BCUT2D eigenvalue weighted by molar-refractivity contribution is 6.07. The van der Waals surface area contributed by atoms with Gasteiger partial charge in [0.2, 0.25) is 5.60 Å². The van der Waals surface area contributed by atoms with E-state index in [0.717, 1.165) is 27.9 Å². The van der Waals surface area contributed by atoms with Crippen molar-refractivity contribution < 1.29 is 9.63 Å². The van der Waals surface area contributed by atoms with Crippen molar-refractivity contribution >= 4 is 22.5 Å². The van der Waals surface area contributed by atoms with Gasteiger partial charge in [-0.3, -0.25) is 14.9 Å². The number of nitrogens with two attached hydrogens (primary N) is 1. The quantitative estimate of drug-likeness (QED) is 0.509. The molecule has 1 aromatic carbocycles. The molecule has 4 rings (SSSR count). The second-order valence-corrected chi connectivity index (χ2v) is 7.21. The van der Waals surface area contributed by atoms with E-state index in [-0.39, 0.29) is 5.91 Å². The van der Waals surface area contributed by atoms with E-state index in [2.05, 4.69) is 27.4 Å². The maximum atomic E-state index is 11.9. The number of aromatic nitrogens is 2. The molecule has 2 aromatic rings. The van der Waals surface area contributed by atoms with E-state index in [0.29, 0.717) is 12.5 Å². The first kappa shape index (κ1) is 16.1. The highest BCUT2D eigenvalue weighted by Crippen LogP contribution is 2.34. The first-order valence-electron chi connectivity index (χ1n) is 8.77. The summed E-state index contributed by atoms with van der Waals surface area (Å²) in [6, 6.07) is 6.69. The summed E-state index contributed by atoms with van der Waals surface area (Å²) in [5.74, 6) is 4.87. The second kappa shape index (κ2) is 5.84. The fourth-order valence-corrected chi connectivity index (χ4v) is 3.87. The van der Waals surface area contributed by atoms with Crippen molar-refractivity contribution in [2.75, 3.05) is 0 Å². The maximum absolute atomic E-state index is 11.9. The number of rotatable bonds is 3. The van der Waals surface area contributed by atoms with Crippen LogP contribution in [0.2, 0.25) is 0 Å². The van der Waals surface area contributed by atoms with Crippen molar-refractivity contribution in [3.8, 4) is 0 Å². The van der Waals surface area contributed by atoms with Crippen molar-refractivity contribution in [2.45, 2.75) is 57.6 Å². The molecule has 0 saturated heterocycles. The molecule has 0 spiro atoms. The molecular weight excluding hydrogens is 318 g/mol. The molecule has 7 nitrogen and oxygen atoms in total. The van der Waals surface area contributed by atoms with E-state index in [1.807, 2.05) is 13.0 Å². The molecule has 132 valence electrons. The first-order valence-corrected chi connectivity index (χ1v) is 8.77. The zero-order valence-corrected chi connectivity index (χ0v) is 14.6. The molecule has 25 heavy (non-hydrogen) atoms. The number of nitrogens with one attached hydrogen (secondary N) is 1. The lowest BCUT2D eigenvalue weighted by Crippen LogP contribution is -2.47. The average Bonchev–Trinajstić information content (AvgIpc) is 3.34. The fraction of sp³-hybridized carbons (Fsp3) is 0.500. The molecule has 1 aromatic heterocycles. The second-order valence-electron chi connectivity index (χ2n) is 7.21. The van der Waals surface area contributed by atoms with E-state index in [1.54, 1.807) is 6.92 Å². The molecule has 3 N–H and O–H groups in total. The Labute approximate surface area is 146 Å². The average molecular weight is 341 g/mol. The molecule has 1 aliphatic heterocycles. The summed E-state index contributed by atoms with van der Waals surface area (Å²) in [7, 11) is 0. The van der Waals surface area contributed by atoms with Crippen molar-refractivity contribution in [3.05, 3.63) is 29.5 Å². The Hall–Kier alpha value is -2.41. The van der Waals surface area contributed by atoms with Gasteiger partial charge in [0.05, 0.1) is 23.0 Å². The Morgan fingerprint density at radius 3 is 2.88 bits per heavy atom.